The van der Waals surface area contributed by atoms with Gasteiger partial charge >= 0.3 is 0 Å². The van der Waals surface area contributed by atoms with Gasteiger partial charge in [0, 0.05) is 24.1 Å². The van der Waals surface area contributed by atoms with Crippen LogP contribution in [0.5, 0.6) is 0 Å². The third-order valence-electron chi connectivity index (χ3n) is 4.83. The van der Waals surface area contributed by atoms with Crippen molar-refractivity contribution in [2.75, 3.05) is 27.2 Å². The molecule has 1 aliphatic carbocycles. The van der Waals surface area contributed by atoms with Crippen molar-refractivity contribution in [3.05, 3.63) is 34.3 Å². The van der Waals surface area contributed by atoms with Gasteiger partial charge in [-0.2, -0.15) is 0 Å². The van der Waals surface area contributed by atoms with E-state index >= 15 is 0 Å². The highest BCUT2D eigenvalue weighted by molar-refractivity contribution is 9.10. The lowest BCUT2D eigenvalue weighted by atomic mass is 9.70. The van der Waals surface area contributed by atoms with E-state index in [2.05, 4.69) is 71.4 Å². The van der Waals surface area contributed by atoms with Gasteiger partial charge in [0.05, 0.1) is 0 Å². The van der Waals surface area contributed by atoms with Crippen molar-refractivity contribution < 1.29 is 0 Å². The first-order chi connectivity index (χ1) is 10.0. The zero-order chi connectivity index (χ0) is 15.3. The molecular formula is C18H29BrN2. The quantitative estimate of drug-likeness (QED) is 0.820. The van der Waals surface area contributed by atoms with Crippen molar-refractivity contribution in [1.82, 2.24) is 10.2 Å². The number of benzene rings is 1. The van der Waals surface area contributed by atoms with Crippen LogP contribution < -0.4 is 5.32 Å². The summed E-state index contributed by atoms with van der Waals surface area (Å²) in [5, 5.41) is 3.44. The molecule has 1 N–H and O–H groups in total. The van der Waals surface area contributed by atoms with Gasteiger partial charge in [-0.3, -0.25) is 0 Å². The Bertz CT molecular complexity index is 439. The second-order valence-electron chi connectivity index (χ2n) is 7.02. The molecule has 1 fully saturated rings. The number of nitrogens with zero attached hydrogens (tertiary/aromatic N) is 1. The van der Waals surface area contributed by atoms with Crippen molar-refractivity contribution in [3.63, 3.8) is 0 Å². The summed E-state index contributed by atoms with van der Waals surface area (Å²) in [5.41, 5.74) is 1.85. The van der Waals surface area contributed by atoms with E-state index in [0.717, 1.165) is 19.0 Å². The molecule has 0 radical (unpaired) electrons. The van der Waals surface area contributed by atoms with E-state index in [4.69, 9.17) is 0 Å². The maximum atomic E-state index is 3.56. The summed E-state index contributed by atoms with van der Waals surface area (Å²) in [5.74, 6) is 0.908. The number of hydrogen-bond donors (Lipinski definition) is 1. The fraction of sp³-hybridized carbons (Fsp3) is 0.667. The molecule has 3 heteroatoms. The number of halogens is 1. The van der Waals surface area contributed by atoms with Crippen LogP contribution in [0.1, 0.15) is 38.2 Å². The number of hydrogen-bond acceptors (Lipinski definition) is 2. The Labute approximate surface area is 138 Å². The van der Waals surface area contributed by atoms with Crippen LogP contribution >= 0.6 is 15.9 Å². The highest BCUT2D eigenvalue weighted by atomic mass is 79.9. The van der Waals surface area contributed by atoms with Crippen molar-refractivity contribution >= 4 is 15.9 Å². The van der Waals surface area contributed by atoms with E-state index in [1.165, 1.54) is 42.3 Å². The summed E-state index contributed by atoms with van der Waals surface area (Å²) in [4.78, 5) is 2.50. The molecule has 1 aliphatic rings. The summed E-state index contributed by atoms with van der Waals surface area (Å²) in [7, 11) is 4.35. The fourth-order valence-electron chi connectivity index (χ4n) is 3.72. The van der Waals surface area contributed by atoms with Crippen LogP contribution in [-0.2, 0) is 6.54 Å². The molecule has 0 saturated heterocycles. The molecule has 0 spiro atoms. The molecule has 2 nitrogen and oxygen atoms in total. The Balaban J connectivity index is 1.96. The molecule has 0 unspecified atom stereocenters. The van der Waals surface area contributed by atoms with Gasteiger partial charge in [-0.1, -0.05) is 47.8 Å². The normalized spacial score (nSPS) is 26.2. The third-order valence-corrected chi connectivity index (χ3v) is 5.33. The minimum Gasteiger partial charge on any atom is -0.319 e. The first kappa shape index (κ1) is 17.0. The van der Waals surface area contributed by atoms with Gasteiger partial charge in [0.25, 0.3) is 0 Å². The lowest BCUT2D eigenvalue weighted by molar-refractivity contribution is 0.0979. The monoisotopic (exact) mass is 352 g/mol. The van der Waals surface area contributed by atoms with Gasteiger partial charge in [0.15, 0.2) is 0 Å². The van der Waals surface area contributed by atoms with E-state index in [-0.39, 0.29) is 0 Å². The van der Waals surface area contributed by atoms with Crippen molar-refractivity contribution in [3.8, 4) is 0 Å². The molecule has 0 bridgehead atoms. The molecule has 0 atom stereocenters. The van der Waals surface area contributed by atoms with Gasteiger partial charge in [-0.25, -0.2) is 0 Å². The molecule has 118 valence electrons. The van der Waals surface area contributed by atoms with Crippen molar-refractivity contribution in [2.24, 2.45) is 11.3 Å². The Morgan fingerprint density at radius 1 is 1.33 bits per heavy atom. The van der Waals surface area contributed by atoms with Gasteiger partial charge in [0.1, 0.15) is 0 Å². The maximum absolute atomic E-state index is 3.56. The molecular weight excluding hydrogens is 324 g/mol. The highest BCUT2D eigenvalue weighted by Crippen LogP contribution is 2.39. The van der Waals surface area contributed by atoms with Crippen molar-refractivity contribution in [1.29, 1.82) is 0 Å². The summed E-state index contributed by atoms with van der Waals surface area (Å²) in [6.07, 6.45) is 5.48. The standard InChI is InChI=1S/C18H29BrN2/c1-15-7-9-18(10-8-15,13-20-2)14-21(3)12-16-5-4-6-17(19)11-16/h4-6,11,15,20H,7-10,12-14H2,1-3H3. The topological polar surface area (TPSA) is 15.3 Å². The molecule has 0 aliphatic heterocycles. The second-order valence-corrected chi connectivity index (χ2v) is 7.93. The van der Waals surface area contributed by atoms with E-state index in [0.29, 0.717) is 5.41 Å². The SMILES string of the molecule is CNCC1(CN(C)Cc2cccc(Br)c2)CCC(C)CC1. The van der Waals surface area contributed by atoms with Crippen LogP contribution in [0, 0.1) is 11.3 Å². The van der Waals surface area contributed by atoms with Gasteiger partial charge in [0.2, 0.25) is 0 Å². The Hall–Kier alpha value is -0.380. The average molecular weight is 353 g/mol. The van der Waals surface area contributed by atoms with Crippen LogP contribution in [0.4, 0.5) is 0 Å². The van der Waals surface area contributed by atoms with Crippen LogP contribution in [0.15, 0.2) is 28.7 Å². The first-order valence-corrected chi connectivity index (χ1v) is 8.90. The van der Waals surface area contributed by atoms with Crippen LogP contribution in [0.25, 0.3) is 0 Å². The molecule has 0 heterocycles. The van der Waals surface area contributed by atoms with Gasteiger partial charge < -0.3 is 10.2 Å². The van der Waals surface area contributed by atoms with Crippen LogP contribution in [-0.4, -0.2) is 32.1 Å². The van der Waals surface area contributed by atoms with E-state index in [1.807, 2.05) is 0 Å². The predicted octanol–water partition coefficient (Wildman–Crippen LogP) is 4.30. The minimum absolute atomic E-state index is 0.460. The molecule has 1 aromatic rings. The predicted molar refractivity (Wildman–Crippen MR) is 94.5 cm³/mol. The fourth-order valence-corrected chi connectivity index (χ4v) is 4.16. The molecule has 0 aromatic heterocycles. The lowest BCUT2D eigenvalue weighted by Gasteiger charge is -2.42. The van der Waals surface area contributed by atoms with E-state index in [1.54, 1.807) is 0 Å². The molecule has 21 heavy (non-hydrogen) atoms. The summed E-state index contributed by atoms with van der Waals surface area (Å²) < 4.78 is 1.17. The van der Waals surface area contributed by atoms with E-state index in [9.17, 15) is 0 Å². The molecule has 0 amide bonds. The third kappa shape index (κ3) is 5.08. The second kappa shape index (κ2) is 7.75. The summed E-state index contributed by atoms with van der Waals surface area (Å²) in [6.45, 7) is 5.75. The van der Waals surface area contributed by atoms with Crippen molar-refractivity contribution in [2.45, 2.75) is 39.2 Å². The van der Waals surface area contributed by atoms with E-state index < -0.39 is 0 Å². The minimum atomic E-state index is 0.460. The first-order valence-electron chi connectivity index (χ1n) is 8.11. The molecule has 2 rings (SSSR count). The van der Waals surface area contributed by atoms with Gasteiger partial charge in [-0.05, 0) is 56.0 Å². The van der Waals surface area contributed by atoms with Crippen LogP contribution in [0.2, 0.25) is 0 Å². The Morgan fingerprint density at radius 3 is 2.67 bits per heavy atom. The Morgan fingerprint density at radius 2 is 2.05 bits per heavy atom. The summed E-state index contributed by atoms with van der Waals surface area (Å²) >= 11 is 3.56. The highest BCUT2D eigenvalue weighted by Gasteiger charge is 2.34. The maximum Gasteiger partial charge on any atom is 0.0231 e. The Kier molecular flexibility index (Phi) is 6.27. The molecule has 1 saturated carbocycles. The van der Waals surface area contributed by atoms with Crippen LogP contribution in [0.3, 0.4) is 0 Å². The number of nitrogens with one attached hydrogen (secondary N) is 1. The average Bonchev–Trinajstić information content (AvgIpc) is 2.42. The number of rotatable bonds is 6. The smallest absolute Gasteiger partial charge is 0.0231 e. The lowest BCUT2D eigenvalue weighted by Crippen LogP contribution is -2.44. The molecule has 1 aromatic carbocycles. The largest absolute Gasteiger partial charge is 0.319 e. The van der Waals surface area contributed by atoms with Gasteiger partial charge in [-0.15, -0.1) is 0 Å². The zero-order valence-corrected chi connectivity index (χ0v) is 15.2. The zero-order valence-electron chi connectivity index (χ0n) is 13.7. The summed E-state index contributed by atoms with van der Waals surface area (Å²) in [6, 6.07) is 8.66.